The first-order valence-electron chi connectivity index (χ1n) is 6.52. The van der Waals surface area contributed by atoms with Crippen molar-refractivity contribution in [3.63, 3.8) is 0 Å². The molecule has 0 aliphatic carbocycles. The van der Waals surface area contributed by atoms with Crippen LogP contribution in [0, 0.1) is 10.7 Å². The van der Waals surface area contributed by atoms with Crippen LogP contribution in [-0.4, -0.2) is 22.3 Å². The predicted octanol–water partition coefficient (Wildman–Crippen LogP) is 2.94. The SMILES string of the molecule is CCC1OCCC1Cn1c(=S)[nH]c2sccc2c1=O. The summed E-state index contributed by atoms with van der Waals surface area (Å²) in [5, 5.41) is 2.64. The number of nitrogens with zero attached hydrogens (tertiary/aromatic N) is 1. The highest BCUT2D eigenvalue weighted by atomic mass is 32.1. The smallest absolute Gasteiger partial charge is 0.263 e. The van der Waals surface area contributed by atoms with Crippen LogP contribution in [0.15, 0.2) is 16.2 Å². The molecule has 6 heteroatoms. The predicted molar refractivity (Wildman–Crippen MR) is 79.4 cm³/mol. The molecule has 3 heterocycles. The highest BCUT2D eigenvalue weighted by Gasteiger charge is 2.27. The van der Waals surface area contributed by atoms with Crippen LogP contribution in [0.4, 0.5) is 0 Å². The van der Waals surface area contributed by atoms with Gasteiger partial charge in [0.25, 0.3) is 5.56 Å². The molecule has 102 valence electrons. The summed E-state index contributed by atoms with van der Waals surface area (Å²) >= 11 is 6.83. The van der Waals surface area contributed by atoms with Gasteiger partial charge in [0.2, 0.25) is 0 Å². The summed E-state index contributed by atoms with van der Waals surface area (Å²) < 4.78 is 7.88. The molecule has 2 aromatic heterocycles. The molecule has 4 nitrogen and oxygen atoms in total. The van der Waals surface area contributed by atoms with Crippen LogP contribution < -0.4 is 5.56 Å². The van der Waals surface area contributed by atoms with E-state index in [2.05, 4.69) is 11.9 Å². The Morgan fingerprint density at radius 3 is 3.26 bits per heavy atom. The molecule has 1 saturated heterocycles. The van der Waals surface area contributed by atoms with Crippen molar-refractivity contribution in [1.29, 1.82) is 0 Å². The fraction of sp³-hybridized carbons (Fsp3) is 0.538. The van der Waals surface area contributed by atoms with Crippen molar-refractivity contribution in [3.05, 3.63) is 26.6 Å². The highest BCUT2D eigenvalue weighted by Crippen LogP contribution is 2.25. The topological polar surface area (TPSA) is 47.0 Å². The van der Waals surface area contributed by atoms with E-state index in [4.69, 9.17) is 17.0 Å². The van der Waals surface area contributed by atoms with E-state index in [1.807, 2.05) is 11.4 Å². The molecule has 2 unspecified atom stereocenters. The number of thiophene rings is 1. The average molecular weight is 296 g/mol. The highest BCUT2D eigenvalue weighted by molar-refractivity contribution is 7.71. The molecule has 1 aliphatic rings. The maximum atomic E-state index is 12.4. The van der Waals surface area contributed by atoms with Gasteiger partial charge < -0.3 is 9.72 Å². The van der Waals surface area contributed by atoms with E-state index >= 15 is 0 Å². The number of H-pyrrole nitrogens is 1. The summed E-state index contributed by atoms with van der Waals surface area (Å²) in [6.07, 6.45) is 2.23. The van der Waals surface area contributed by atoms with Crippen molar-refractivity contribution in [2.75, 3.05) is 6.61 Å². The van der Waals surface area contributed by atoms with Gasteiger partial charge in [-0.1, -0.05) is 6.92 Å². The summed E-state index contributed by atoms with van der Waals surface area (Å²) in [6, 6.07) is 1.85. The van der Waals surface area contributed by atoms with Crippen LogP contribution in [0.25, 0.3) is 10.2 Å². The van der Waals surface area contributed by atoms with Crippen molar-refractivity contribution in [2.24, 2.45) is 5.92 Å². The quantitative estimate of drug-likeness (QED) is 0.886. The van der Waals surface area contributed by atoms with Gasteiger partial charge in [-0.2, -0.15) is 0 Å². The number of rotatable bonds is 3. The summed E-state index contributed by atoms with van der Waals surface area (Å²) in [4.78, 5) is 16.4. The van der Waals surface area contributed by atoms with Crippen molar-refractivity contribution < 1.29 is 4.74 Å². The molecular formula is C13H16N2O2S2. The lowest BCUT2D eigenvalue weighted by Gasteiger charge is -2.17. The number of hydrogen-bond donors (Lipinski definition) is 1. The Bertz CT molecular complexity index is 700. The van der Waals surface area contributed by atoms with Gasteiger partial charge in [-0.05, 0) is 36.5 Å². The van der Waals surface area contributed by atoms with Crippen LogP contribution in [0.2, 0.25) is 0 Å². The Morgan fingerprint density at radius 2 is 2.47 bits per heavy atom. The Morgan fingerprint density at radius 1 is 1.63 bits per heavy atom. The van der Waals surface area contributed by atoms with E-state index in [9.17, 15) is 4.79 Å². The van der Waals surface area contributed by atoms with Gasteiger partial charge in [0.05, 0.1) is 11.5 Å². The maximum absolute atomic E-state index is 12.4. The van der Waals surface area contributed by atoms with Gasteiger partial charge in [-0.15, -0.1) is 11.3 Å². The Hall–Kier alpha value is -0.980. The zero-order valence-electron chi connectivity index (χ0n) is 10.7. The van der Waals surface area contributed by atoms with Crippen molar-refractivity contribution in [2.45, 2.75) is 32.4 Å². The Labute approximate surface area is 120 Å². The largest absolute Gasteiger partial charge is 0.378 e. The second-order valence-electron chi connectivity index (χ2n) is 4.88. The molecule has 0 radical (unpaired) electrons. The molecule has 0 bridgehead atoms. The van der Waals surface area contributed by atoms with Crippen LogP contribution in [0.5, 0.6) is 0 Å². The molecule has 19 heavy (non-hydrogen) atoms. The van der Waals surface area contributed by atoms with Crippen LogP contribution in [0.1, 0.15) is 19.8 Å². The second kappa shape index (κ2) is 5.19. The number of ether oxygens (including phenoxy) is 1. The molecule has 0 spiro atoms. The molecule has 1 aliphatic heterocycles. The zero-order valence-corrected chi connectivity index (χ0v) is 12.4. The fourth-order valence-electron chi connectivity index (χ4n) is 2.73. The third kappa shape index (κ3) is 2.28. The molecule has 0 saturated carbocycles. The third-order valence-electron chi connectivity index (χ3n) is 3.77. The second-order valence-corrected chi connectivity index (χ2v) is 6.18. The number of aromatic amines is 1. The standard InChI is InChI=1S/C13H16N2O2S2/c1-2-10-8(3-5-17-10)7-15-12(16)9-4-6-19-11(9)14-13(15)18/h4,6,8,10H,2-3,5,7H2,1H3,(H,14,18). The molecule has 1 N–H and O–H groups in total. The van der Waals surface area contributed by atoms with Crippen molar-refractivity contribution in [3.8, 4) is 0 Å². The van der Waals surface area contributed by atoms with Gasteiger partial charge in [0.1, 0.15) is 4.83 Å². The van der Waals surface area contributed by atoms with Gasteiger partial charge in [0.15, 0.2) is 4.77 Å². The third-order valence-corrected chi connectivity index (χ3v) is 4.92. The summed E-state index contributed by atoms with van der Waals surface area (Å²) in [7, 11) is 0. The molecule has 0 aromatic carbocycles. The number of hydrogen-bond acceptors (Lipinski definition) is 4. The molecule has 1 fully saturated rings. The fourth-order valence-corrected chi connectivity index (χ4v) is 3.83. The van der Waals surface area contributed by atoms with Crippen molar-refractivity contribution >= 4 is 33.8 Å². The minimum absolute atomic E-state index is 0.0155. The van der Waals surface area contributed by atoms with E-state index in [1.165, 1.54) is 11.3 Å². The molecule has 2 atom stereocenters. The van der Waals surface area contributed by atoms with Crippen LogP contribution in [-0.2, 0) is 11.3 Å². The minimum atomic E-state index is 0.0155. The first-order chi connectivity index (χ1) is 9.20. The Balaban J connectivity index is 2.01. The van der Waals surface area contributed by atoms with Crippen molar-refractivity contribution in [1.82, 2.24) is 9.55 Å². The van der Waals surface area contributed by atoms with E-state index in [0.717, 1.165) is 29.7 Å². The lowest BCUT2D eigenvalue weighted by atomic mass is 9.99. The average Bonchev–Trinajstić information content (AvgIpc) is 3.02. The molecule has 3 rings (SSSR count). The maximum Gasteiger partial charge on any atom is 0.263 e. The van der Waals surface area contributed by atoms with E-state index in [0.29, 0.717) is 17.2 Å². The van der Waals surface area contributed by atoms with Gasteiger partial charge in [-0.25, -0.2) is 0 Å². The number of nitrogens with one attached hydrogen (secondary N) is 1. The lowest BCUT2D eigenvalue weighted by molar-refractivity contribution is 0.0831. The summed E-state index contributed by atoms with van der Waals surface area (Å²) in [5.41, 5.74) is 0.0155. The summed E-state index contributed by atoms with van der Waals surface area (Å²) in [5.74, 6) is 0.383. The zero-order chi connectivity index (χ0) is 13.4. The number of fused-ring (bicyclic) bond motifs is 1. The monoisotopic (exact) mass is 296 g/mol. The van der Waals surface area contributed by atoms with Gasteiger partial charge in [0, 0.05) is 19.1 Å². The van der Waals surface area contributed by atoms with E-state index in [-0.39, 0.29) is 11.7 Å². The normalized spacial score (nSPS) is 23.2. The van der Waals surface area contributed by atoms with Crippen LogP contribution in [0.3, 0.4) is 0 Å². The number of aromatic nitrogens is 2. The first kappa shape index (κ1) is 13.0. The minimum Gasteiger partial charge on any atom is -0.378 e. The van der Waals surface area contributed by atoms with Gasteiger partial charge in [-0.3, -0.25) is 9.36 Å². The van der Waals surface area contributed by atoms with Crippen LogP contribution >= 0.6 is 23.6 Å². The molecule has 0 amide bonds. The van der Waals surface area contributed by atoms with E-state index in [1.54, 1.807) is 4.57 Å². The molecular weight excluding hydrogens is 280 g/mol. The molecule has 2 aromatic rings. The lowest BCUT2D eigenvalue weighted by Crippen LogP contribution is -2.28. The van der Waals surface area contributed by atoms with Gasteiger partial charge >= 0.3 is 0 Å². The summed E-state index contributed by atoms with van der Waals surface area (Å²) in [6.45, 7) is 3.56. The first-order valence-corrected chi connectivity index (χ1v) is 7.81. The Kier molecular flexibility index (Phi) is 3.56. The van der Waals surface area contributed by atoms with E-state index < -0.39 is 0 Å².